The molecule has 0 radical (unpaired) electrons. The number of rotatable bonds is 7. The zero-order valence-electron chi connectivity index (χ0n) is 17.1. The number of primary amides is 1. The summed E-state index contributed by atoms with van der Waals surface area (Å²) in [7, 11) is 0. The highest BCUT2D eigenvalue weighted by atomic mass is 19.3. The van der Waals surface area contributed by atoms with Crippen LogP contribution in [0.5, 0.6) is 5.75 Å². The zero-order valence-corrected chi connectivity index (χ0v) is 17.1. The first kappa shape index (κ1) is 21.2. The predicted molar refractivity (Wildman–Crippen MR) is 108 cm³/mol. The number of carbonyl (C=O) groups is 2. The van der Waals surface area contributed by atoms with Crippen molar-refractivity contribution in [1.82, 2.24) is 9.55 Å². The summed E-state index contributed by atoms with van der Waals surface area (Å²) in [6, 6.07) is 5.51. The number of nitrogens with zero attached hydrogens (tertiary/aromatic N) is 3. The van der Waals surface area contributed by atoms with Gasteiger partial charge in [0.2, 0.25) is 5.91 Å². The van der Waals surface area contributed by atoms with E-state index in [-0.39, 0.29) is 17.6 Å². The van der Waals surface area contributed by atoms with E-state index in [9.17, 15) is 18.4 Å². The molecule has 0 unspecified atom stereocenters. The largest absolute Gasteiger partial charge is 0.491 e. The molecule has 4 rings (SSSR count). The number of aromatic nitrogens is 2. The molecule has 1 aromatic carbocycles. The third-order valence-corrected chi connectivity index (χ3v) is 5.51. The van der Waals surface area contributed by atoms with Crippen LogP contribution in [0.3, 0.4) is 0 Å². The van der Waals surface area contributed by atoms with Gasteiger partial charge in [-0.3, -0.25) is 14.5 Å². The van der Waals surface area contributed by atoms with E-state index in [1.807, 2.05) is 18.2 Å². The van der Waals surface area contributed by atoms with Crippen molar-refractivity contribution < 1.29 is 27.8 Å². The molecule has 31 heavy (non-hydrogen) atoms. The Balaban J connectivity index is 1.66. The highest BCUT2D eigenvalue weighted by molar-refractivity contribution is 5.96. The molecular weight excluding hydrogens is 410 g/mol. The van der Waals surface area contributed by atoms with Crippen molar-refractivity contribution in [3.8, 4) is 17.1 Å². The number of hydrogen-bond acceptors (Lipinski definition) is 5. The second-order valence-corrected chi connectivity index (χ2v) is 7.79. The highest BCUT2D eigenvalue weighted by Crippen LogP contribution is 2.35. The van der Waals surface area contributed by atoms with E-state index >= 15 is 0 Å². The number of imidazole rings is 1. The summed E-state index contributed by atoms with van der Waals surface area (Å²) in [6.07, 6.45) is -0.823. The number of anilines is 1. The summed E-state index contributed by atoms with van der Waals surface area (Å²) in [5.41, 5.74) is 6.93. The summed E-state index contributed by atoms with van der Waals surface area (Å²) in [6.45, 7) is 2.25. The van der Waals surface area contributed by atoms with Crippen LogP contribution in [-0.2, 0) is 27.3 Å². The number of nitrogens with two attached hydrogens (primary N) is 1. The molecule has 0 saturated carbocycles. The fourth-order valence-electron chi connectivity index (χ4n) is 3.66. The van der Waals surface area contributed by atoms with Gasteiger partial charge in [-0.2, -0.15) is 0 Å². The molecule has 0 bridgehead atoms. The van der Waals surface area contributed by atoms with Gasteiger partial charge >= 0.3 is 0 Å². The van der Waals surface area contributed by atoms with Crippen molar-refractivity contribution in [3.05, 3.63) is 30.0 Å². The van der Waals surface area contributed by atoms with E-state index in [1.165, 1.54) is 0 Å². The van der Waals surface area contributed by atoms with Gasteiger partial charge in [0.1, 0.15) is 24.3 Å². The predicted octanol–water partition coefficient (Wildman–Crippen LogP) is 1.99. The second-order valence-electron chi connectivity index (χ2n) is 7.79. The van der Waals surface area contributed by atoms with E-state index in [1.54, 1.807) is 17.7 Å². The maximum Gasteiger partial charge on any atom is 0.257 e. The Bertz CT molecular complexity index is 990. The average Bonchev–Trinajstić information content (AvgIpc) is 3.00. The van der Waals surface area contributed by atoms with Crippen LogP contribution >= 0.6 is 0 Å². The SMILES string of the molecule is C[C@H](Cc1ccc2c(c1)OCCn1cc(N(CC(F)F)C(=O)[C@@H]3CCO3)nc1-2)C(N)=O. The van der Waals surface area contributed by atoms with Crippen LogP contribution in [-0.4, -0.2) is 53.7 Å². The standard InChI is InChI=1S/C21H24F2N4O4/c1-12(19(24)28)8-13-2-3-14-16(9-13)31-7-5-26-11-18(25-20(14)26)27(10-17(22)23)21(29)15-4-6-30-15/h2-3,9,11-12,15,17H,4-8,10H2,1H3,(H2,24,28)/t12-,15+/m1/s1. The minimum absolute atomic E-state index is 0.162. The van der Waals surface area contributed by atoms with E-state index in [4.69, 9.17) is 15.2 Å². The molecule has 2 amide bonds. The first-order valence-corrected chi connectivity index (χ1v) is 10.2. The number of amides is 2. The van der Waals surface area contributed by atoms with Crippen LogP contribution in [0.15, 0.2) is 24.4 Å². The van der Waals surface area contributed by atoms with Gasteiger partial charge < -0.3 is 19.8 Å². The smallest absolute Gasteiger partial charge is 0.257 e. The lowest BCUT2D eigenvalue weighted by Crippen LogP contribution is -2.47. The number of benzene rings is 1. The van der Waals surface area contributed by atoms with Gasteiger partial charge in [-0.25, -0.2) is 13.8 Å². The molecule has 0 aliphatic carbocycles. The van der Waals surface area contributed by atoms with Crippen LogP contribution < -0.4 is 15.4 Å². The fourth-order valence-corrected chi connectivity index (χ4v) is 3.66. The topological polar surface area (TPSA) is 99.7 Å². The van der Waals surface area contributed by atoms with Crippen LogP contribution in [0.4, 0.5) is 14.6 Å². The number of ether oxygens (including phenoxy) is 2. The maximum atomic E-state index is 13.2. The molecule has 10 heteroatoms. The van der Waals surface area contributed by atoms with Gasteiger partial charge in [0, 0.05) is 18.5 Å². The van der Waals surface area contributed by atoms with Crippen molar-refractivity contribution in [1.29, 1.82) is 0 Å². The molecule has 2 aliphatic heterocycles. The molecule has 1 fully saturated rings. The highest BCUT2D eigenvalue weighted by Gasteiger charge is 2.34. The molecule has 2 atom stereocenters. The molecule has 1 aromatic heterocycles. The molecule has 2 aliphatic rings. The Morgan fingerprint density at radius 1 is 1.35 bits per heavy atom. The second kappa shape index (κ2) is 8.62. The summed E-state index contributed by atoms with van der Waals surface area (Å²) in [5, 5.41) is 0. The van der Waals surface area contributed by atoms with Gasteiger partial charge in [-0.1, -0.05) is 13.0 Å². The maximum absolute atomic E-state index is 13.2. The summed E-state index contributed by atoms with van der Waals surface area (Å²) >= 11 is 0. The molecule has 0 spiro atoms. The number of carbonyl (C=O) groups excluding carboxylic acids is 2. The Morgan fingerprint density at radius 3 is 2.77 bits per heavy atom. The Hall–Kier alpha value is -3.01. The summed E-state index contributed by atoms with van der Waals surface area (Å²) in [4.78, 5) is 29.5. The normalized spacial score (nSPS) is 18.3. The zero-order chi connectivity index (χ0) is 22.1. The van der Waals surface area contributed by atoms with Gasteiger partial charge in [-0.05, 0) is 24.1 Å². The van der Waals surface area contributed by atoms with E-state index in [0.717, 1.165) is 10.5 Å². The Kier molecular flexibility index (Phi) is 5.90. The minimum atomic E-state index is -2.70. The average molecular weight is 434 g/mol. The Labute approximate surface area is 177 Å². The lowest BCUT2D eigenvalue weighted by Gasteiger charge is -2.30. The van der Waals surface area contributed by atoms with Gasteiger partial charge in [0.05, 0.1) is 25.3 Å². The van der Waals surface area contributed by atoms with Gasteiger partial charge in [0.25, 0.3) is 12.3 Å². The summed E-state index contributed by atoms with van der Waals surface area (Å²) < 4.78 is 39.2. The molecule has 2 aromatic rings. The van der Waals surface area contributed by atoms with Crippen LogP contribution in [0.1, 0.15) is 18.9 Å². The van der Waals surface area contributed by atoms with Crippen molar-refractivity contribution in [2.24, 2.45) is 11.7 Å². The van der Waals surface area contributed by atoms with Crippen LogP contribution in [0.2, 0.25) is 0 Å². The fraction of sp³-hybridized carbons (Fsp3) is 0.476. The van der Waals surface area contributed by atoms with Gasteiger partial charge in [0.15, 0.2) is 5.82 Å². The first-order chi connectivity index (χ1) is 14.8. The Morgan fingerprint density at radius 2 is 2.13 bits per heavy atom. The van der Waals surface area contributed by atoms with Crippen molar-refractivity contribution in [2.75, 3.05) is 24.7 Å². The van der Waals surface area contributed by atoms with Crippen molar-refractivity contribution in [2.45, 2.75) is 38.8 Å². The molecule has 166 valence electrons. The number of halogens is 2. The number of fused-ring (bicyclic) bond motifs is 3. The molecule has 1 saturated heterocycles. The molecule has 3 heterocycles. The summed E-state index contributed by atoms with van der Waals surface area (Å²) in [5.74, 6) is 0.0650. The third kappa shape index (κ3) is 4.39. The van der Waals surface area contributed by atoms with Gasteiger partial charge in [-0.15, -0.1) is 0 Å². The third-order valence-electron chi connectivity index (χ3n) is 5.51. The van der Waals surface area contributed by atoms with Crippen LogP contribution in [0, 0.1) is 5.92 Å². The quantitative estimate of drug-likeness (QED) is 0.719. The van der Waals surface area contributed by atoms with Crippen LogP contribution in [0.25, 0.3) is 11.4 Å². The lowest BCUT2D eigenvalue weighted by molar-refractivity contribution is -0.142. The first-order valence-electron chi connectivity index (χ1n) is 10.2. The van der Waals surface area contributed by atoms with Crippen molar-refractivity contribution in [3.63, 3.8) is 0 Å². The minimum Gasteiger partial charge on any atom is -0.491 e. The van der Waals surface area contributed by atoms with E-state index < -0.39 is 25.0 Å². The lowest BCUT2D eigenvalue weighted by atomic mass is 9.99. The van der Waals surface area contributed by atoms with Crippen molar-refractivity contribution >= 4 is 17.6 Å². The van der Waals surface area contributed by atoms with E-state index in [2.05, 4.69) is 4.98 Å². The molecular formula is C21H24F2N4O4. The molecule has 8 nitrogen and oxygen atoms in total. The number of alkyl halides is 2. The number of hydrogen-bond donors (Lipinski definition) is 1. The monoisotopic (exact) mass is 434 g/mol. The molecule has 2 N–H and O–H groups in total. The van der Waals surface area contributed by atoms with E-state index in [0.29, 0.717) is 49.7 Å².